The maximum atomic E-state index is 14.3. The fourth-order valence-electron chi connectivity index (χ4n) is 9.58. The van der Waals surface area contributed by atoms with Gasteiger partial charge < -0.3 is 9.13 Å². The van der Waals surface area contributed by atoms with Crippen molar-refractivity contribution in [2.45, 2.75) is 13.1 Å². The van der Waals surface area contributed by atoms with Crippen molar-refractivity contribution in [2.75, 3.05) is 0 Å². The van der Waals surface area contributed by atoms with Crippen LogP contribution in [0.5, 0.6) is 0 Å². The minimum Gasteiger partial charge on any atom is -0.309 e. The number of hydrogen-bond acceptors (Lipinski definition) is 1. The first-order chi connectivity index (χ1) is 32.6. The molecule has 0 fully saturated rings. The molecule has 8 heteroatoms. The second kappa shape index (κ2) is 15.8. The molecular weight excluding hydrogens is 836 g/mol. The monoisotopic (exact) mass is 869 g/mol. The van der Waals surface area contributed by atoms with E-state index in [0.717, 1.165) is 83.3 Å². The van der Waals surface area contributed by atoms with Crippen LogP contribution in [-0.4, -0.2) is 9.13 Å². The topological polar surface area (TPSA) is 42.4 Å². The van der Waals surface area contributed by atoms with Crippen molar-refractivity contribution in [3.8, 4) is 62.0 Å². The zero-order chi connectivity index (χ0) is 46.0. The predicted molar refractivity (Wildman–Crippen MR) is 264 cm³/mol. The number of rotatable bonds is 6. The average molecular weight is 870 g/mol. The van der Waals surface area contributed by atoms with Gasteiger partial charge in [-0.05, 0) is 148 Å². The zero-order valence-corrected chi connectivity index (χ0v) is 35.8. The lowest BCUT2D eigenvalue weighted by atomic mass is 9.94. The SMILES string of the molecule is [C-]#[N+]c1cccc(-c2ccc3c(c2)c2ccccc2n3-c2ccc(-c3cc(C)cc(C(F)(F)F)c3)cc2-c2cc(-n3c4ccccc4c4cc(-c5cccc(C#N)c5)ccc43)ccc2[N+]#[C-])c1. The van der Waals surface area contributed by atoms with E-state index in [0.29, 0.717) is 44.8 Å². The predicted octanol–water partition coefficient (Wildman–Crippen LogP) is 16.8. The highest BCUT2D eigenvalue weighted by molar-refractivity contribution is 6.12. The lowest BCUT2D eigenvalue weighted by Crippen LogP contribution is -2.05. The Morgan fingerprint density at radius 1 is 0.478 bits per heavy atom. The van der Waals surface area contributed by atoms with E-state index in [1.165, 1.54) is 6.07 Å². The van der Waals surface area contributed by atoms with Crippen LogP contribution < -0.4 is 0 Å². The van der Waals surface area contributed by atoms with Crippen molar-refractivity contribution >= 4 is 55.0 Å². The molecule has 316 valence electrons. The van der Waals surface area contributed by atoms with E-state index in [9.17, 15) is 18.4 Å². The molecule has 0 atom stereocenters. The van der Waals surface area contributed by atoms with Gasteiger partial charge in [-0.2, -0.15) is 18.4 Å². The number of benzene rings is 9. The van der Waals surface area contributed by atoms with Gasteiger partial charge in [-0.3, -0.25) is 0 Å². The summed E-state index contributed by atoms with van der Waals surface area (Å²) in [5.41, 5.74) is 12.5. The fourth-order valence-corrected chi connectivity index (χ4v) is 9.58. The molecule has 2 heterocycles. The third kappa shape index (κ3) is 6.95. The summed E-state index contributed by atoms with van der Waals surface area (Å²) in [7, 11) is 0. The van der Waals surface area contributed by atoms with Gasteiger partial charge in [0.1, 0.15) is 0 Å². The van der Waals surface area contributed by atoms with Gasteiger partial charge in [0.25, 0.3) is 0 Å². The van der Waals surface area contributed by atoms with Crippen LogP contribution in [0.2, 0.25) is 0 Å². The van der Waals surface area contributed by atoms with Crippen LogP contribution in [0, 0.1) is 31.4 Å². The molecule has 0 bridgehead atoms. The van der Waals surface area contributed by atoms with Crippen LogP contribution in [0.15, 0.2) is 188 Å². The maximum absolute atomic E-state index is 14.3. The van der Waals surface area contributed by atoms with Gasteiger partial charge in [-0.15, -0.1) is 0 Å². The highest BCUT2D eigenvalue weighted by atomic mass is 19.4. The number of aryl methyl sites for hydroxylation is 1. The van der Waals surface area contributed by atoms with E-state index in [-0.39, 0.29) is 0 Å². The van der Waals surface area contributed by atoms with Crippen LogP contribution >= 0.6 is 0 Å². The molecule has 0 saturated carbocycles. The van der Waals surface area contributed by atoms with Crippen LogP contribution in [0.25, 0.3) is 109 Å². The van der Waals surface area contributed by atoms with Crippen molar-refractivity contribution in [2.24, 2.45) is 0 Å². The first kappa shape index (κ1) is 40.6. The molecule has 0 spiro atoms. The van der Waals surface area contributed by atoms with E-state index < -0.39 is 11.7 Å². The second-order valence-corrected chi connectivity index (χ2v) is 16.7. The molecule has 0 saturated heterocycles. The largest absolute Gasteiger partial charge is 0.416 e. The minimum absolute atomic E-state index is 0.380. The molecule has 0 unspecified atom stereocenters. The molecule has 11 aromatic rings. The van der Waals surface area contributed by atoms with Gasteiger partial charge in [0.2, 0.25) is 0 Å². The maximum Gasteiger partial charge on any atom is 0.416 e. The van der Waals surface area contributed by atoms with Crippen LogP contribution in [-0.2, 0) is 6.18 Å². The Balaban J connectivity index is 1.17. The Morgan fingerprint density at radius 2 is 1.07 bits per heavy atom. The number of aromatic nitrogens is 2. The molecule has 2 aromatic heterocycles. The van der Waals surface area contributed by atoms with Crippen molar-refractivity contribution < 1.29 is 13.2 Å². The highest BCUT2D eigenvalue weighted by Gasteiger charge is 2.31. The number of hydrogen-bond donors (Lipinski definition) is 0. The van der Waals surface area contributed by atoms with Gasteiger partial charge in [-0.1, -0.05) is 97.1 Å². The Labute approximate surface area is 383 Å². The molecule has 11 rings (SSSR count). The first-order valence-corrected chi connectivity index (χ1v) is 21.5. The lowest BCUT2D eigenvalue weighted by Gasteiger charge is -2.19. The zero-order valence-electron chi connectivity index (χ0n) is 35.8. The van der Waals surface area contributed by atoms with Gasteiger partial charge in [0.05, 0.1) is 58.1 Å². The second-order valence-electron chi connectivity index (χ2n) is 16.7. The number of halogens is 3. The Bertz CT molecular complexity index is 3980. The van der Waals surface area contributed by atoms with Crippen molar-refractivity contribution in [3.63, 3.8) is 0 Å². The molecular formula is C59H34F3N5. The molecule has 0 aliphatic rings. The fraction of sp³-hybridized carbons (Fsp3) is 0.0339. The normalized spacial score (nSPS) is 11.5. The van der Waals surface area contributed by atoms with E-state index in [4.69, 9.17) is 13.1 Å². The minimum atomic E-state index is -4.54. The average Bonchev–Trinajstić information content (AvgIpc) is 3.87. The van der Waals surface area contributed by atoms with Gasteiger partial charge >= 0.3 is 6.18 Å². The number of fused-ring (bicyclic) bond motifs is 6. The molecule has 5 nitrogen and oxygen atoms in total. The van der Waals surface area contributed by atoms with Crippen LogP contribution in [0.4, 0.5) is 24.5 Å². The third-order valence-corrected chi connectivity index (χ3v) is 12.6. The summed E-state index contributed by atoms with van der Waals surface area (Å²) < 4.78 is 47.3. The quantitative estimate of drug-likeness (QED) is 0.154. The summed E-state index contributed by atoms with van der Waals surface area (Å²) in [6.07, 6.45) is -4.54. The van der Waals surface area contributed by atoms with E-state index in [2.05, 4.69) is 79.5 Å². The molecule has 0 radical (unpaired) electrons. The molecule has 67 heavy (non-hydrogen) atoms. The smallest absolute Gasteiger partial charge is 0.309 e. The van der Waals surface area contributed by atoms with E-state index in [1.54, 1.807) is 25.1 Å². The van der Waals surface area contributed by atoms with Crippen molar-refractivity contribution in [1.82, 2.24) is 9.13 Å². The van der Waals surface area contributed by atoms with Crippen LogP contribution in [0.3, 0.4) is 0 Å². The van der Waals surface area contributed by atoms with Gasteiger partial charge in [0, 0.05) is 27.2 Å². The molecule has 0 aliphatic carbocycles. The standard InChI is InChI=1S/C59H34F3N5/c1-36-26-43(29-44(27-36)59(60,61)62)42-20-25-58(67-55-17-7-5-15-48(55)51-32-41(19-24-57(51)67)39-12-9-13-45(30-39)64-2)52(33-42)49-34-46(21-22-53(49)65-3)66-54-16-6-4-14-47(54)50-31-40(18-23-56(50)66)38-11-8-10-37(28-38)35-63/h4-34H,1H3. The summed E-state index contributed by atoms with van der Waals surface area (Å²) >= 11 is 0. The summed E-state index contributed by atoms with van der Waals surface area (Å²) in [5, 5.41) is 13.6. The van der Waals surface area contributed by atoms with Crippen molar-refractivity contribution in [1.29, 1.82) is 5.26 Å². The first-order valence-electron chi connectivity index (χ1n) is 21.5. The molecule has 0 amide bonds. The molecule has 0 N–H and O–H groups in total. The van der Waals surface area contributed by atoms with Gasteiger partial charge in [0.15, 0.2) is 11.4 Å². The lowest BCUT2D eigenvalue weighted by molar-refractivity contribution is -0.137. The summed E-state index contributed by atoms with van der Waals surface area (Å²) in [6.45, 7) is 17.8. The van der Waals surface area contributed by atoms with Crippen molar-refractivity contribution in [3.05, 3.63) is 228 Å². The summed E-state index contributed by atoms with van der Waals surface area (Å²) in [4.78, 5) is 7.71. The molecule has 0 aliphatic heterocycles. The van der Waals surface area contributed by atoms with Gasteiger partial charge in [-0.25, -0.2) is 9.69 Å². The summed E-state index contributed by atoms with van der Waals surface area (Å²) in [6, 6.07) is 61.7. The van der Waals surface area contributed by atoms with Crippen LogP contribution in [0.1, 0.15) is 16.7 Å². The third-order valence-electron chi connectivity index (χ3n) is 12.6. The number of nitriles is 1. The Hall–Kier alpha value is -9.16. The Morgan fingerprint density at radius 3 is 1.75 bits per heavy atom. The van der Waals surface area contributed by atoms with E-state index in [1.807, 2.05) is 103 Å². The summed E-state index contributed by atoms with van der Waals surface area (Å²) in [5.74, 6) is 0. The highest BCUT2D eigenvalue weighted by Crippen LogP contribution is 2.45. The molecule has 9 aromatic carbocycles. The Kier molecular flexibility index (Phi) is 9.59. The van der Waals surface area contributed by atoms with E-state index >= 15 is 0 Å². The number of para-hydroxylation sites is 2. The number of alkyl halides is 3. The number of nitrogens with zero attached hydrogens (tertiary/aromatic N) is 5.